The summed E-state index contributed by atoms with van der Waals surface area (Å²) in [6.45, 7) is 1.94. The highest BCUT2D eigenvalue weighted by atomic mass is 32.2. The summed E-state index contributed by atoms with van der Waals surface area (Å²) >= 11 is 0. The van der Waals surface area contributed by atoms with Crippen LogP contribution in [0, 0.1) is 6.92 Å². The molecule has 0 saturated carbocycles. The molecule has 3 aromatic rings. The number of hydrogen-bond acceptors (Lipinski definition) is 5. The molecule has 2 N–H and O–H groups in total. The normalized spacial score (nSPS) is 11.9. The van der Waals surface area contributed by atoms with E-state index in [-0.39, 0.29) is 4.90 Å². The van der Waals surface area contributed by atoms with E-state index in [9.17, 15) is 8.42 Å². The van der Waals surface area contributed by atoms with E-state index in [1.807, 2.05) is 13.0 Å². The third kappa shape index (κ3) is 2.25. The molecule has 2 heterocycles. The third-order valence-corrected chi connectivity index (χ3v) is 4.43. The summed E-state index contributed by atoms with van der Waals surface area (Å²) in [5, 5.41) is 0. The average Bonchev–Trinajstić information content (AvgIpc) is 2.76. The zero-order valence-electron chi connectivity index (χ0n) is 11.6. The van der Waals surface area contributed by atoms with Crippen LogP contribution in [0.4, 0.5) is 5.95 Å². The number of hydrogen-bond donors (Lipinski definition) is 1. The number of anilines is 1. The number of nitrogens with two attached hydrogens (primary N) is 1. The van der Waals surface area contributed by atoms with Gasteiger partial charge in [-0.1, -0.05) is 0 Å². The number of pyridine rings is 1. The van der Waals surface area contributed by atoms with Gasteiger partial charge in [-0.2, -0.15) is 0 Å². The Morgan fingerprint density at radius 2 is 1.81 bits per heavy atom. The number of aryl methyl sites for hydroxylation is 1. The zero-order chi connectivity index (χ0) is 15.2. The van der Waals surface area contributed by atoms with Gasteiger partial charge in [0.15, 0.2) is 15.5 Å². The van der Waals surface area contributed by atoms with Crippen molar-refractivity contribution in [1.29, 1.82) is 0 Å². The van der Waals surface area contributed by atoms with Crippen molar-refractivity contribution in [2.75, 3.05) is 12.0 Å². The van der Waals surface area contributed by atoms with Gasteiger partial charge in [0.1, 0.15) is 5.52 Å². The maximum absolute atomic E-state index is 11.5. The molecule has 3 rings (SSSR count). The molecule has 0 atom stereocenters. The van der Waals surface area contributed by atoms with Crippen LogP contribution in [0.15, 0.2) is 41.4 Å². The molecule has 0 saturated heterocycles. The summed E-state index contributed by atoms with van der Waals surface area (Å²) in [7, 11) is -3.22. The molecule has 108 valence electrons. The number of nitrogen functional groups attached to an aromatic ring is 1. The SMILES string of the molecule is Cc1ccnc2c1nc(N)n2-c1ccc(S(C)(=O)=O)cc1. The van der Waals surface area contributed by atoms with E-state index in [1.54, 1.807) is 35.0 Å². The second-order valence-corrected chi connectivity index (χ2v) is 6.89. The molecular weight excluding hydrogens is 288 g/mol. The summed E-state index contributed by atoms with van der Waals surface area (Å²) < 4.78 is 24.7. The first-order valence-corrected chi connectivity index (χ1v) is 8.17. The second-order valence-electron chi connectivity index (χ2n) is 4.87. The standard InChI is InChI=1S/C14H14N4O2S/c1-9-7-8-16-13-12(9)17-14(15)18(13)10-3-5-11(6-4-10)21(2,19)20/h3-8H,1-2H3,(H2,15,17). The second kappa shape index (κ2) is 4.56. The maximum Gasteiger partial charge on any atom is 0.207 e. The monoisotopic (exact) mass is 302 g/mol. The number of rotatable bonds is 2. The molecule has 6 nitrogen and oxygen atoms in total. The summed E-state index contributed by atoms with van der Waals surface area (Å²) in [5.41, 5.74) is 9.07. The van der Waals surface area contributed by atoms with E-state index in [1.165, 1.54) is 6.26 Å². The Hall–Kier alpha value is -2.41. The highest BCUT2D eigenvalue weighted by molar-refractivity contribution is 7.90. The van der Waals surface area contributed by atoms with Gasteiger partial charge in [-0.05, 0) is 42.8 Å². The predicted molar refractivity (Wildman–Crippen MR) is 81.1 cm³/mol. The molecule has 7 heteroatoms. The van der Waals surface area contributed by atoms with Gasteiger partial charge in [-0.25, -0.2) is 18.4 Å². The molecule has 0 bridgehead atoms. The van der Waals surface area contributed by atoms with Gasteiger partial charge < -0.3 is 5.73 Å². The third-order valence-electron chi connectivity index (χ3n) is 3.30. The van der Waals surface area contributed by atoms with Crippen molar-refractivity contribution in [3.05, 3.63) is 42.1 Å². The molecule has 1 aromatic carbocycles. The van der Waals surface area contributed by atoms with Crippen LogP contribution in [0.3, 0.4) is 0 Å². The zero-order valence-corrected chi connectivity index (χ0v) is 12.4. The number of aromatic nitrogens is 3. The van der Waals surface area contributed by atoms with E-state index in [0.717, 1.165) is 16.8 Å². The average molecular weight is 302 g/mol. The van der Waals surface area contributed by atoms with E-state index in [0.29, 0.717) is 11.6 Å². The number of benzene rings is 1. The fourth-order valence-electron chi connectivity index (χ4n) is 2.21. The van der Waals surface area contributed by atoms with Crippen molar-refractivity contribution >= 4 is 26.9 Å². The minimum absolute atomic E-state index is 0.262. The minimum atomic E-state index is -3.22. The van der Waals surface area contributed by atoms with Crippen LogP contribution in [0.2, 0.25) is 0 Å². The molecule has 0 radical (unpaired) electrons. The molecule has 0 fully saturated rings. The smallest absolute Gasteiger partial charge is 0.207 e. The van der Waals surface area contributed by atoms with E-state index >= 15 is 0 Å². The number of sulfone groups is 1. The van der Waals surface area contributed by atoms with Crippen LogP contribution in [0.25, 0.3) is 16.9 Å². The van der Waals surface area contributed by atoms with E-state index in [4.69, 9.17) is 5.73 Å². The van der Waals surface area contributed by atoms with Crippen LogP contribution in [-0.4, -0.2) is 29.2 Å². The Bertz CT molecular complexity index is 928. The molecule has 0 aliphatic heterocycles. The van der Waals surface area contributed by atoms with Gasteiger partial charge in [0.2, 0.25) is 5.95 Å². The number of nitrogens with zero attached hydrogens (tertiary/aromatic N) is 3. The van der Waals surface area contributed by atoms with Crippen molar-refractivity contribution in [2.45, 2.75) is 11.8 Å². The van der Waals surface area contributed by atoms with Gasteiger partial charge in [0.25, 0.3) is 0 Å². The first-order valence-electron chi connectivity index (χ1n) is 6.28. The molecular formula is C14H14N4O2S. The summed E-state index contributed by atoms with van der Waals surface area (Å²) in [6.07, 6.45) is 2.87. The lowest BCUT2D eigenvalue weighted by Gasteiger charge is -2.06. The highest BCUT2D eigenvalue weighted by Crippen LogP contribution is 2.24. The van der Waals surface area contributed by atoms with Crippen molar-refractivity contribution in [1.82, 2.24) is 14.5 Å². The van der Waals surface area contributed by atoms with Crippen molar-refractivity contribution in [3.63, 3.8) is 0 Å². The largest absolute Gasteiger partial charge is 0.369 e. The van der Waals surface area contributed by atoms with Crippen LogP contribution in [-0.2, 0) is 9.84 Å². The first kappa shape index (κ1) is 13.6. The highest BCUT2D eigenvalue weighted by Gasteiger charge is 2.13. The van der Waals surface area contributed by atoms with Gasteiger partial charge in [-0.3, -0.25) is 4.57 Å². The number of fused-ring (bicyclic) bond motifs is 1. The van der Waals surface area contributed by atoms with Crippen LogP contribution >= 0.6 is 0 Å². The topological polar surface area (TPSA) is 90.9 Å². The Kier molecular flexibility index (Phi) is 2.94. The van der Waals surface area contributed by atoms with E-state index < -0.39 is 9.84 Å². The Morgan fingerprint density at radius 1 is 1.14 bits per heavy atom. The van der Waals surface area contributed by atoms with Crippen LogP contribution in [0.5, 0.6) is 0 Å². The predicted octanol–water partition coefficient (Wildman–Crippen LogP) is 1.71. The summed E-state index contributed by atoms with van der Waals surface area (Å²) in [4.78, 5) is 8.90. The minimum Gasteiger partial charge on any atom is -0.369 e. The van der Waals surface area contributed by atoms with E-state index in [2.05, 4.69) is 9.97 Å². The molecule has 2 aromatic heterocycles. The summed E-state index contributed by atoms with van der Waals surface area (Å²) in [6, 6.07) is 8.35. The van der Waals surface area contributed by atoms with Gasteiger partial charge in [0.05, 0.1) is 10.6 Å². The van der Waals surface area contributed by atoms with Crippen molar-refractivity contribution in [2.24, 2.45) is 0 Å². The Balaban J connectivity index is 2.21. The van der Waals surface area contributed by atoms with Gasteiger partial charge in [-0.15, -0.1) is 0 Å². The lowest BCUT2D eigenvalue weighted by molar-refractivity contribution is 0.602. The Morgan fingerprint density at radius 3 is 2.43 bits per heavy atom. The fraction of sp³-hybridized carbons (Fsp3) is 0.143. The molecule has 0 aliphatic carbocycles. The molecule has 0 spiro atoms. The van der Waals surface area contributed by atoms with Crippen molar-refractivity contribution < 1.29 is 8.42 Å². The quantitative estimate of drug-likeness (QED) is 0.778. The molecule has 0 aliphatic rings. The lowest BCUT2D eigenvalue weighted by Crippen LogP contribution is -2.02. The van der Waals surface area contributed by atoms with Crippen LogP contribution in [0.1, 0.15) is 5.56 Å². The Labute approximate surface area is 122 Å². The maximum atomic E-state index is 11.5. The van der Waals surface area contributed by atoms with Gasteiger partial charge >= 0.3 is 0 Å². The number of imidazole rings is 1. The lowest BCUT2D eigenvalue weighted by atomic mass is 10.2. The van der Waals surface area contributed by atoms with Crippen molar-refractivity contribution in [3.8, 4) is 5.69 Å². The fourth-order valence-corrected chi connectivity index (χ4v) is 2.84. The first-order chi connectivity index (χ1) is 9.88. The molecule has 0 amide bonds. The summed E-state index contributed by atoms with van der Waals surface area (Å²) in [5.74, 6) is 0.318. The molecule has 0 unspecified atom stereocenters. The van der Waals surface area contributed by atoms with Gasteiger partial charge in [0, 0.05) is 12.5 Å². The van der Waals surface area contributed by atoms with Crippen LogP contribution < -0.4 is 5.73 Å². The molecule has 21 heavy (non-hydrogen) atoms.